The third-order valence-corrected chi connectivity index (χ3v) is 8.81. The van der Waals surface area contributed by atoms with Crippen LogP contribution in [0.3, 0.4) is 0 Å². The molecule has 2 amide bonds. The third-order valence-electron chi connectivity index (χ3n) is 7.03. The first-order chi connectivity index (χ1) is 19.0. The fourth-order valence-corrected chi connectivity index (χ4v) is 6.43. The zero-order valence-corrected chi connectivity index (χ0v) is 25.7. The van der Waals surface area contributed by atoms with Gasteiger partial charge in [0, 0.05) is 35.6 Å². The van der Waals surface area contributed by atoms with E-state index < -0.39 is 16.1 Å². The number of sulfonamides is 1. The van der Waals surface area contributed by atoms with Crippen LogP contribution in [0, 0.1) is 0 Å². The number of anilines is 1. The van der Waals surface area contributed by atoms with E-state index in [9.17, 15) is 18.0 Å². The first-order valence-corrected chi connectivity index (χ1v) is 16.4. The Hall–Kier alpha value is -2.49. The lowest BCUT2D eigenvalue weighted by Crippen LogP contribution is -2.51. The van der Waals surface area contributed by atoms with Crippen molar-refractivity contribution < 1.29 is 22.7 Å². The van der Waals surface area contributed by atoms with Gasteiger partial charge >= 0.3 is 0 Å². The van der Waals surface area contributed by atoms with Gasteiger partial charge in [-0.15, -0.1) is 0 Å². The first-order valence-electron chi connectivity index (χ1n) is 13.8. The van der Waals surface area contributed by atoms with Gasteiger partial charge < -0.3 is 15.0 Å². The van der Waals surface area contributed by atoms with Gasteiger partial charge in [0.05, 0.1) is 18.6 Å². The molecule has 0 aliphatic heterocycles. The molecule has 11 heteroatoms. The van der Waals surface area contributed by atoms with E-state index in [0.717, 1.165) is 31.9 Å². The van der Waals surface area contributed by atoms with Gasteiger partial charge in [-0.25, -0.2) is 8.42 Å². The van der Waals surface area contributed by atoms with E-state index in [0.29, 0.717) is 40.1 Å². The van der Waals surface area contributed by atoms with E-state index >= 15 is 0 Å². The number of halogens is 2. The van der Waals surface area contributed by atoms with Crippen LogP contribution in [0.15, 0.2) is 42.5 Å². The standard InChI is InChI=1S/C29H39Cl2N3O5S/c1-4-27(29(36)32-23-9-6-7-10-23)33(20-21-12-13-22(30)19-26(21)31)28(35)11-8-18-34(40(3,37)38)24-14-16-25(17-15-24)39-5-2/h12-17,19,23,27H,4-11,18,20H2,1-3H3,(H,32,36). The van der Waals surface area contributed by atoms with Crippen LogP contribution in [0.2, 0.25) is 10.0 Å². The number of amides is 2. The smallest absolute Gasteiger partial charge is 0.243 e. The molecule has 1 N–H and O–H groups in total. The fraction of sp³-hybridized carbons (Fsp3) is 0.517. The lowest BCUT2D eigenvalue weighted by molar-refractivity contribution is -0.141. The van der Waals surface area contributed by atoms with E-state index in [1.54, 1.807) is 47.4 Å². The average Bonchev–Trinajstić information content (AvgIpc) is 3.41. The van der Waals surface area contributed by atoms with Crippen LogP contribution in [0.1, 0.15) is 64.4 Å². The summed E-state index contributed by atoms with van der Waals surface area (Å²) in [5, 5.41) is 4.01. The van der Waals surface area contributed by atoms with Gasteiger partial charge in [0.15, 0.2) is 0 Å². The van der Waals surface area contributed by atoms with Gasteiger partial charge in [-0.3, -0.25) is 13.9 Å². The summed E-state index contributed by atoms with van der Waals surface area (Å²) in [5.74, 6) is 0.215. The van der Waals surface area contributed by atoms with Crippen molar-refractivity contribution in [2.24, 2.45) is 0 Å². The Kier molecular flexibility index (Phi) is 12.0. The molecular formula is C29H39Cl2N3O5S. The van der Waals surface area contributed by atoms with Crippen LogP contribution in [0.5, 0.6) is 5.75 Å². The van der Waals surface area contributed by atoms with Gasteiger partial charge in [0.25, 0.3) is 0 Å². The highest BCUT2D eigenvalue weighted by atomic mass is 35.5. The third kappa shape index (κ3) is 9.01. The van der Waals surface area contributed by atoms with Crippen LogP contribution in [-0.4, -0.2) is 56.6 Å². The summed E-state index contributed by atoms with van der Waals surface area (Å²) in [6.45, 7) is 4.50. The Labute approximate surface area is 248 Å². The largest absolute Gasteiger partial charge is 0.494 e. The van der Waals surface area contributed by atoms with E-state index in [4.69, 9.17) is 27.9 Å². The number of hydrogen-bond acceptors (Lipinski definition) is 5. The highest BCUT2D eigenvalue weighted by Gasteiger charge is 2.31. The van der Waals surface area contributed by atoms with Crippen molar-refractivity contribution >= 4 is 50.7 Å². The lowest BCUT2D eigenvalue weighted by atomic mass is 10.1. The monoisotopic (exact) mass is 611 g/mol. The summed E-state index contributed by atoms with van der Waals surface area (Å²) in [6, 6.07) is 11.3. The number of rotatable bonds is 14. The van der Waals surface area contributed by atoms with Crippen LogP contribution in [-0.2, 0) is 26.2 Å². The van der Waals surface area contributed by atoms with E-state index in [1.807, 2.05) is 13.8 Å². The summed E-state index contributed by atoms with van der Waals surface area (Å²) in [4.78, 5) is 28.5. The Morgan fingerprint density at radius 2 is 1.75 bits per heavy atom. The van der Waals surface area contributed by atoms with Gasteiger partial charge in [-0.1, -0.05) is 49.0 Å². The van der Waals surface area contributed by atoms with E-state index in [1.165, 1.54) is 4.31 Å². The highest BCUT2D eigenvalue weighted by Crippen LogP contribution is 2.26. The molecule has 1 aliphatic carbocycles. The molecule has 0 spiro atoms. The average molecular weight is 613 g/mol. The molecule has 2 aromatic carbocycles. The second kappa shape index (κ2) is 14.9. The predicted molar refractivity (Wildman–Crippen MR) is 161 cm³/mol. The Morgan fingerprint density at radius 1 is 1.07 bits per heavy atom. The van der Waals surface area contributed by atoms with Crippen molar-refractivity contribution in [2.75, 3.05) is 23.7 Å². The maximum atomic E-state index is 13.6. The maximum Gasteiger partial charge on any atom is 0.243 e. The van der Waals surface area contributed by atoms with E-state index in [2.05, 4.69) is 5.32 Å². The van der Waals surface area contributed by atoms with Gasteiger partial charge in [0.1, 0.15) is 11.8 Å². The minimum absolute atomic E-state index is 0.0570. The van der Waals surface area contributed by atoms with Crippen molar-refractivity contribution in [1.82, 2.24) is 10.2 Å². The summed E-state index contributed by atoms with van der Waals surface area (Å²) in [5.41, 5.74) is 1.17. The normalized spacial score (nSPS) is 14.5. The molecule has 0 aromatic heterocycles. The second-order valence-corrected chi connectivity index (χ2v) is 12.8. The molecule has 1 aliphatic rings. The van der Waals surface area contributed by atoms with E-state index in [-0.39, 0.29) is 43.8 Å². The molecule has 1 saturated carbocycles. The highest BCUT2D eigenvalue weighted by molar-refractivity contribution is 7.92. The number of nitrogens with zero attached hydrogens (tertiary/aromatic N) is 2. The molecule has 1 atom stereocenters. The van der Waals surface area contributed by atoms with Crippen molar-refractivity contribution in [1.29, 1.82) is 0 Å². The molecule has 1 unspecified atom stereocenters. The summed E-state index contributed by atoms with van der Waals surface area (Å²) < 4.78 is 31.9. The summed E-state index contributed by atoms with van der Waals surface area (Å²) in [7, 11) is -3.59. The first kappa shape index (κ1) is 32.0. The Morgan fingerprint density at radius 3 is 2.33 bits per heavy atom. The molecule has 0 bridgehead atoms. The van der Waals surface area contributed by atoms with Crippen molar-refractivity contribution in [3.05, 3.63) is 58.1 Å². The molecule has 0 heterocycles. The number of hydrogen-bond donors (Lipinski definition) is 1. The fourth-order valence-electron chi connectivity index (χ4n) is 5.00. The number of carbonyl (C=O) groups is 2. The van der Waals surface area contributed by atoms with Crippen molar-refractivity contribution in [3.63, 3.8) is 0 Å². The van der Waals surface area contributed by atoms with Gasteiger partial charge in [0.2, 0.25) is 21.8 Å². The SMILES string of the molecule is CCOc1ccc(N(CCCC(=O)N(Cc2ccc(Cl)cc2Cl)C(CC)C(=O)NC2CCCC2)S(C)(=O)=O)cc1. The van der Waals surface area contributed by atoms with Crippen LogP contribution < -0.4 is 14.4 Å². The second-order valence-electron chi connectivity index (χ2n) is 10.0. The lowest BCUT2D eigenvalue weighted by Gasteiger charge is -2.32. The minimum Gasteiger partial charge on any atom is -0.494 e. The van der Waals surface area contributed by atoms with Crippen molar-refractivity contribution in [3.8, 4) is 5.75 Å². The molecule has 3 rings (SSSR count). The molecule has 220 valence electrons. The molecule has 40 heavy (non-hydrogen) atoms. The van der Waals surface area contributed by atoms with Crippen molar-refractivity contribution in [2.45, 2.75) is 77.4 Å². The number of carbonyl (C=O) groups excluding carboxylic acids is 2. The maximum absolute atomic E-state index is 13.6. The molecular weight excluding hydrogens is 573 g/mol. The van der Waals surface area contributed by atoms with Gasteiger partial charge in [-0.2, -0.15) is 0 Å². The molecule has 0 saturated heterocycles. The topological polar surface area (TPSA) is 96.0 Å². The zero-order valence-electron chi connectivity index (χ0n) is 23.4. The molecule has 2 aromatic rings. The predicted octanol–water partition coefficient (Wildman–Crippen LogP) is 5.80. The Bertz CT molecular complexity index is 1250. The summed E-state index contributed by atoms with van der Waals surface area (Å²) >= 11 is 12.5. The Balaban J connectivity index is 1.77. The molecule has 1 fully saturated rings. The quantitative estimate of drug-likeness (QED) is 0.291. The number of benzene rings is 2. The zero-order chi connectivity index (χ0) is 29.3. The minimum atomic E-state index is -3.59. The van der Waals surface area contributed by atoms with Crippen LogP contribution >= 0.6 is 23.2 Å². The summed E-state index contributed by atoms with van der Waals surface area (Å²) in [6.07, 6.45) is 5.92. The number of nitrogens with one attached hydrogen (secondary N) is 1. The van der Waals surface area contributed by atoms with Crippen LogP contribution in [0.25, 0.3) is 0 Å². The number of ether oxygens (including phenoxy) is 1. The van der Waals surface area contributed by atoms with Crippen LogP contribution in [0.4, 0.5) is 5.69 Å². The van der Waals surface area contributed by atoms with Gasteiger partial charge in [-0.05, 0) is 74.6 Å². The molecule has 8 nitrogen and oxygen atoms in total. The molecule has 0 radical (unpaired) electrons.